The summed E-state index contributed by atoms with van der Waals surface area (Å²) in [5, 5.41) is 3.50. The number of morpholine rings is 1. The Hall–Kier alpha value is -0.900. The zero-order chi connectivity index (χ0) is 12.2. The highest BCUT2D eigenvalue weighted by Crippen LogP contribution is 2.28. The molecule has 0 radical (unpaired) electrons. The Balaban J connectivity index is 1.40. The highest BCUT2D eigenvalue weighted by molar-refractivity contribution is 5.14. The van der Waals surface area contributed by atoms with Gasteiger partial charge in [-0.1, -0.05) is 30.3 Å². The van der Waals surface area contributed by atoms with Crippen LogP contribution in [0.15, 0.2) is 30.3 Å². The number of nitrogens with zero attached hydrogens (tertiary/aromatic N) is 1. The maximum absolute atomic E-state index is 5.82. The maximum atomic E-state index is 5.82. The number of hydrogen-bond donors (Lipinski definition) is 1. The average molecular weight is 246 g/mol. The van der Waals surface area contributed by atoms with Gasteiger partial charge in [0.1, 0.15) is 0 Å². The molecule has 0 aromatic heterocycles. The van der Waals surface area contributed by atoms with E-state index in [9.17, 15) is 0 Å². The van der Waals surface area contributed by atoms with E-state index in [0.717, 1.165) is 38.8 Å². The Morgan fingerprint density at radius 2 is 2.06 bits per heavy atom. The van der Waals surface area contributed by atoms with Gasteiger partial charge in [0.2, 0.25) is 0 Å². The van der Waals surface area contributed by atoms with Crippen LogP contribution in [0.25, 0.3) is 0 Å². The molecule has 3 rings (SSSR count). The number of rotatable bonds is 5. The summed E-state index contributed by atoms with van der Waals surface area (Å²) in [6.45, 7) is 5.02. The number of nitrogens with one attached hydrogen (secondary N) is 1. The summed E-state index contributed by atoms with van der Waals surface area (Å²) >= 11 is 0. The molecular formula is C15H22N2O. The predicted molar refractivity (Wildman–Crippen MR) is 72.5 cm³/mol. The van der Waals surface area contributed by atoms with Gasteiger partial charge in [0, 0.05) is 32.2 Å². The van der Waals surface area contributed by atoms with Gasteiger partial charge in [-0.15, -0.1) is 0 Å². The fourth-order valence-corrected chi connectivity index (χ4v) is 2.61. The van der Waals surface area contributed by atoms with Crippen LogP contribution in [-0.2, 0) is 11.3 Å². The molecule has 1 atom stereocenters. The highest BCUT2D eigenvalue weighted by atomic mass is 16.5. The standard InChI is InChI=1S/C15H22N2O/c1-2-4-13(5-3-1)10-16-11-15-12-17(8-9-18-15)14-6-7-14/h1-5,14-16H,6-12H2/t15-/m0/s1. The van der Waals surface area contributed by atoms with Crippen molar-refractivity contribution in [3.05, 3.63) is 35.9 Å². The van der Waals surface area contributed by atoms with E-state index in [-0.39, 0.29) is 0 Å². The van der Waals surface area contributed by atoms with Gasteiger partial charge in [-0.25, -0.2) is 0 Å². The zero-order valence-electron chi connectivity index (χ0n) is 10.8. The van der Waals surface area contributed by atoms with Crippen LogP contribution in [0.4, 0.5) is 0 Å². The number of hydrogen-bond acceptors (Lipinski definition) is 3. The van der Waals surface area contributed by atoms with Gasteiger partial charge in [0.05, 0.1) is 12.7 Å². The molecule has 1 heterocycles. The number of benzene rings is 1. The SMILES string of the molecule is c1ccc(CNC[C@H]2CN(C3CC3)CCO2)cc1. The van der Waals surface area contributed by atoms with Crippen LogP contribution in [0.3, 0.4) is 0 Å². The first kappa shape index (κ1) is 12.2. The summed E-state index contributed by atoms with van der Waals surface area (Å²) in [7, 11) is 0. The van der Waals surface area contributed by atoms with Gasteiger partial charge in [0.15, 0.2) is 0 Å². The first-order valence-electron chi connectivity index (χ1n) is 7.02. The van der Waals surface area contributed by atoms with E-state index < -0.39 is 0 Å². The van der Waals surface area contributed by atoms with Gasteiger partial charge in [-0.2, -0.15) is 0 Å². The molecule has 3 heteroatoms. The molecule has 1 aromatic rings. The molecule has 0 spiro atoms. The molecule has 18 heavy (non-hydrogen) atoms. The Morgan fingerprint density at radius 1 is 1.22 bits per heavy atom. The predicted octanol–water partition coefficient (Wildman–Crippen LogP) is 1.64. The second-order valence-electron chi connectivity index (χ2n) is 5.34. The molecule has 1 saturated heterocycles. The number of ether oxygens (including phenoxy) is 1. The molecule has 0 amide bonds. The van der Waals surface area contributed by atoms with Crippen molar-refractivity contribution in [2.45, 2.75) is 31.5 Å². The van der Waals surface area contributed by atoms with E-state index in [1.807, 2.05) is 0 Å². The van der Waals surface area contributed by atoms with E-state index >= 15 is 0 Å². The van der Waals surface area contributed by atoms with Crippen molar-refractivity contribution < 1.29 is 4.74 Å². The summed E-state index contributed by atoms with van der Waals surface area (Å²) in [6, 6.07) is 11.4. The quantitative estimate of drug-likeness (QED) is 0.855. The Labute approximate surface area is 109 Å². The lowest BCUT2D eigenvalue weighted by Gasteiger charge is -2.33. The fraction of sp³-hybridized carbons (Fsp3) is 0.600. The van der Waals surface area contributed by atoms with Crippen molar-refractivity contribution in [2.24, 2.45) is 0 Å². The van der Waals surface area contributed by atoms with Crippen LogP contribution in [0, 0.1) is 0 Å². The Kier molecular flexibility index (Phi) is 3.93. The minimum absolute atomic E-state index is 0.364. The van der Waals surface area contributed by atoms with E-state index in [1.165, 1.54) is 18.4 Å². The topological polar surface area (TPSA) is 24.5 Å². The summed E-state index contributed by atoms with van der Waals surface area (Å²) in [4.78, 5) is 2.60. The van der Waals surface area contributed by atoms with Crippen LogP contribution in [0.1, 0.15) is 18.4 Å². The Bertz CT molecular complexity index is 364. The molecule has 1 N–H and O–H groups in total. The second kappa shape index (κ2) is 5.83. The maximum Gasteiger partial charge on any atom is 0.0826 e. The summed E-state index contributed by atoms with van der Waals surface area (Å²) in [6.07, 6.45) is 3.15. The third-order valence-corrected chi connectivity index (χ3v) is 3.78. The molecule has 2 fully saturated rings. The summed E-state index contributed by atoms with van der Waals surface area (Å²) in [5.74, 6) is 0. The second-order valence-corrected chi connectivity index (χ2v) is 5.34. The molecule has 98 valence electrons. The average Bonchev–Trinajstić information content (AvgIpc) is 3.25. The highest BCUT2D eigenvalue weighted by Gasteiger charge is 2.32. The largest absolute Gasteiger partial charge is 0.374 e. The lowest BCUT2D eigenvalue weighted by molar-refractivity contribution is -0.0301. The van der Waals surface area contributed by atoms with E-state index in [1.54, 1.807) is 0 Å². The van der Waals surface area contributed by atoms with E-state index in [2.05, 4.69) is 40.5 Å². The normalized spacial score (nSPS) is 25.2. The molecule has 1 saturated carbocycles. The smallest absolute Gasteiger partial charge is 0.0826 e. The minimum Gasteiger partial charge on any atom is -0.374 e. The molecule has 1 aliphatic heterocycles. The molecule has 0 unspecified atom stereocenters. The van der Waals surface area contributed by atoms with Gasteiger partial charge in [-0.05, 0) is 18.4 Å². The van der Waals surface area contributed by atoms with Gasteiger partial charge in [0.25, 0.3) is 0 Å². The monoisotopic (exact) mass is 246 g/mol. The summed E-state index contributed by atoms with van der Waals surface area (Å²) in [5.41, 5.74) is 1.34. The third kappa shape index (κ3) is 3.31. The molecule has 1 aromatic carbocycles. The molecule has 0 bridgehead atoms. The zero-order valence-corrected chi connectivity index (χ0v) is 10.8. The van der Waals surface area contributed by atoms with Crippen molar-refractivity contribution in [3.63, 3.8) is 0 Å². The van der Waals surface area contributed by atoms with Crippen LogP contribution >= 0.6 is 0 Å². The first-order chi connectivity index (χ1) is 8.92. The third-order valence-electron chi connectivity index (χ3n) is 3.78. The minimum atomic E-state index is 0.364. The lowest BCUT2D eigenvalue weighted by Crippen LogP contribution is -2.47. The van der Waals surface area contributed by atoms with Crippen LogP contribution in [0.5, 0.6) is 0 Å². The van der Waals surface area contributed by atoms with Crippen LogP contribution in [-0.4, -0.2) is 43.3 Å². The molecule has 1 aliphatic carbocycles. The van der Waals surface area contributed by atoms with Crippen molar-refractivity contribution in [3.8, 4) is 0 Å². The molecular weight excluding hydrogens is 224 g/mol. The van der Waals surface area contributed by atoms with Gasteiger partial charge in [-0.3, -0.25) is 4.90 Å². The van der Waals surface area contributed by atoms with Crippen molar-refractivity contribution in [1.82, 2.24) is 10.2 Å². The van der Waals surface area contributed by atoms with Gasteiger partial charge >= 0.3 is 0 Å². The lowest BCUT2D eigenvalue weighted by atomic mass is 10.2. The van der Waals surface area contributed by atoms with Gasteiger partial charge < -0.3 is 10.1 Å². The van der Waals surface area contributed by atoms with E-state index in [4.69, 9.17) is 4.74 Å². The van der Waals surface area contributed by atoms with Crippen molar-refractivity contribution in [1.29, 1.82) is 0 Å². The van der Waals surface area contributed by atoms with Crippen molar-refractivity contribution >= 4 is 0 Å². The van der Waals surface area contributed by atoms with E-state index in [0.29, 0.717) is 6.10 Å². The van der Waals surface area contributed by atoms with Crippen LogP contribution < -0.4 is 5.32 Å². The van der Waals surface area contributed by atoms with Crippen LogP contribution in [0.2, 0.25) is 0 Å². The molecule has 2 aliphatic rings. The molecule has 3 nitrogen and oxygen atoms in total. The first-order valence-corrected chi connectivity index (χ1v) is 7.02. The Morgan fingerprint density at radius 3 is 2.83 bits per heavy atom. The fourth-order valence-electron chi connectivity index (χ4n) is 2.61. The summed E-state index contributed by atoms with van der Waals surface area (Å²) < 4.78 is 5.82. The van der Waals surface area contributed by atoms with Crippen molar-refractivity contribution in [2.75, 3.05) is 26.2 Å².